The summed E-state index contributed by atoms with van der Waals surface area (Å²) < 4.78 is 0. The van der Waals surface area contributed by atoms with Crippen molar-refractivity contribution in [3.8, 4) is 0 Å². The van der Waals surface area contributed by atoms with Crippen molar-refractivity contribution >= 4 is 0 Å². The van der Waals surface area contributed by atoms with Crippen molar-refractivity contribution in [1.29, 1.82) is 0 Å². The van der Waals surface area contributed by atoms with Crippen molar-refractivity contribution in [2.45, 2.75) is 40.5 Å². The van der Waals surface area contributed by atoms with Gasteiger partial charge >= 0.3 is 0 Å². The molecule has 0 spiro atoms. The second-order valence-corrected chi connectivity index (χ2v) is 2.96. The van der Waals surface area contributed by atoms with Crippen LogP contribution in [0.25, 0.3) is 0 Å². The Labute approximate surface area is 100 Å². The van der Waals surface area contributed by atoms with Gasteiger partial charge in [-0.1, -0.05) is 23.3 Å². The summed E-state index contributed by atoms with van der Waals surface area (Å²) in [5.74, 6) is 0. The molecule has 0 aromatic carbocycles. The van der Waals surface area contributed by atoms with E-state index in [1.807, 2.05) is 0 Å². The topological polar surface area (TPSA) is 0 Å². The Balaban J connectivity index is -0.000000405. The van der Waals surface area contributed by atoms with Crippen LogP contribution in [0.1, 0.15) is 40.5 Å². The van der Waals surface area contributed by atoms with Crippen molar-refractivity contribution in [3.63, 3.8) is 0 Å². The van der Waals surface area contributed by atoms with Crippen LogP contribution < -0.4 is 17.0 Å². The standard InChI is InChI=1S/C10H18.BrH.Zn/c1-5-10(4)8-6-7-9(2)3;;/h5,7H,6,8H2,1-4H3;1H;/p-1/b10-5+;;. The first-order chi connectivity index (χ1) is 4.66. The quantitative estimate of drug-likeness (QED) is 0.528. The number of rotatable bonds is 3. The number of hydrogen-bond acceptors (Lipinski definition) is 0. The van der Waals surface area contributed by atoms with Crippen LogP contribution in [0.3, 0.4) is 0 Å². The summed E-state index contributed by atoms with van der Waals surface area (Å²) in [4.78, 5) is 0. The van der Waals surface area contributed by atoms with E-state index in [1.54, 1.807) is 0 Å². The van der Waals surface area contributed by atoms with Gasteiger partial charge in [-0.3, -0.25) is 0 Å². The van der Waals surface area contributed by atoms with E-state index in [0.29, 0.717) is 0 Å². The first kappa shape index (κ1) is 18.4. The van der Waals surface area contributed by atoms with Gasteiger partial charge in [0.15, 0.2) is 0 Å². The fourth-order valence-corrected chi connectivity index (χ4v) is 0.733. The molecule has 0 N–H and O–H groups in total. The molecule has 0 saturated heterocycles. The van der Waals surface area contributed by atoms with E-state index in [4.69, 9.17) is 0 Å². The summed E-state index contributed by atoms with van der Waals surface area (Å²) in [7, 11) is 0. The van der Waals surface area contributed by atoms with Gasteiger partial charge in [0, 0.05) is 19.5 Å². The van der Waals surface area contributed by atoms with Crippen molar-refractivity contribution in [2.24, 2.45) is 0 Å². The van der Waals surface area contributed by atoms with Crippen LogP contribution in [0.2, 0.25) is 0 Å². The van der Waals surface area contributed by atoms with Crippen molar-refractivity contribution in [1.82, 2.24) is 0 Å². The van der Waals surface area contributed by atoms with Crippen LogP contribution in [0.5, 0.6) is 0 Å². The maximum Gasteiger partial charge on any atom is 0 e. The van der Waals surface area contributed by atoms with Gasteiger partial charge in [-0.15, -0.1) is 0 Å². The molecule has 0 saturated carbocycles. The largest absolute Gasteiger partial charge is 1.00 e. The monoisotopic (exact) mass is 281 g/mol. The second-order valence-electron chi connectivity index (χ2n) is 2.96. The molecular formula is C10H18BrZn-. The Kier molecular flexibility index (Phi) is 17.7. The Morgan fingerprint density at radius 2 is 1.67 bits per heavy atom. The normalized spacial score (nSPS) is 9.50. The van der Waals surface area contributed by atoms with Gasteiger partial charge in [-0.2, -0.15) is 0 Å². The molecule has 0 atom stereocenters. The molecule has 12 heavy (non-hydrogen) atoms. The maximum atomic E-state index is 2.28. The Morgan fingerprint density at radius 1 is 1.17 bits per heavy atom. The molecule has 0 aliphatic rings. The summed E-state index contributed by atoms with van der Waals surface area (Å²) in [6.07, 6.45) is 6.87. The van der Waals surface area contributed by atoms with Gasteiger partial charge in [-0.05, 0) is 40.5 Å². The Hall–Kier alpha value is 0.583. The van der Waals surface area contributed by atoms with Crippen LogP contribution in [-0.4, -0.2) is 0 Å². The first-order valence-corrected chi connectivity index (χ1v) is 3.92. The minimum atomic E-state index is 0. The third kappa shape index (κ3) is 13.2. The van der Waals surface area contributed by atoms with E-state index in [0.717, 1.165) is 0 Å². The minimum Gasteiger partial charge on any atom is -1.00 e. The summed E-state index contributed by atoms with van der Waals surface area (Å²) in [6, 6.07) is 0. The van der Waals surface area contributed by atoms with Gasteiger partial charge in [-0.25, -0.2) is 0 Å². The molecule has 0 aliphatic heterocycles. The molecule has 68 valence electrons. The molecule has 0 nitrogen and oxygen atoms in total. The van der Waals surface area contributed by atoms with E-state index in [1.165, 1.54) is 24.0 Å². The molecular weight excluding hydrogens is 265 g/mol. The zero-order valence-electron chi connectivity index (χ0n) is 8.65. The number of hydrogen-bond donors (Lipinski definition) is 0. The van der Waals surface area contributed by atoms with Crippen LogP contribution >= 0.6 is 0 Å². The van der Waals surface area contributed by atoms with E-state index >= 15 is 0 Å². The molecule has 0 aromatic rings. The average molecular weight is 284 g/mol. The van der Waals surface area contributed by atoms with Crippen molar-refractivity contribution in [2.75, 3.05) is 0 Å². The van der Waals surface area contributed by atoms with Crippen LogP contribution in [0.15, 0.2) is 23.3 Å². The fourth-order valence-electron chi connectivity index (χ4n) is 0.733. The number of halogens is 1. The molecule has 0 aliphatic carbocycles. The molecule has 0 aromatic heterocycles. The molecule has 0 bridgehead atoms. The maximum absolute atomic E-state index is 2.28. The molecule has 0 amide bonds. The van der Waals surface area contributed by atoms with Gasteiger partial charge in [0.1, 0.15) is 0 Å². The van der Waals surface area contributed by atoms with Crippen molar-refractivity contribution < 1.29 is 36.5 Å². The molecule has 0 heterocycles. The van der Waals surface area contributed by atoms with Crippen LogP contribution in [-0.2, 0) is 19.5 Å². The summed E-state index contributed by atoms with van der Waals surface area (Å²) in [5, 5.41) is 0. The third-order valence-corrected chi connectivity index (χ3v) is 1.58. The SMILES string of the molecule is C/C=C(\C)CCC=C(C)C.[Br-].[Zn]. The third-order valence-electron chi connectivity index (χ3n) is 1.58. The zero-order chi connectivity index (χ0) is 7.98. The van der Waals surface area contributed by atoms with Gasteiger partial charge in [0.05, 0.1) is 0 Å². The zero-order valence-corrected chi connectivity index (χ0v) is 13.2. The number of allylic oxidation sites excluding steroid dienone is 4. The molecule has 0 rings (SSSR count). The van der Waals surface area contributed by atoms with Crippen LogP contribution in [0, 0.1) is 0 Å². The predicted octanol–water partition coefficient (Wildman–Crippen LogP) is 0.700. The van der Waals surface area contributed by atoms with Crippen LogP contribution in [0.4, 0.5) is 0 Å². The van der Waals surface area contributed by atoms with Gasteiger partial charge in [0.25, 0.3) is 0 Å². The van der Waals surface area contributed by atoms with Crippen molar-refractivity contribution in [3.05, 3.63) is 23.3 Å². The predicted molar refractivity (Wildman–Crippen MR) is 48.1 cm³/mol. The molecule has 0 unspecified atom stereocenters. The minimum absolute atomic E-state index is 0. The first-order valence-electron chi connectivity index (χ1n) is 3.92. The summed E-state index contributed by atoms with van der Waals surface area (Å²) in [5.41, 5.74) is 2.90. The van der Waals surface area contributed by atoms with Gasteiger partial charge in [0.2, 0.25) is 0 Å². The molecule has 0 radical (unpaired) electrons. The average Bonchev–Trinajstić information content (AvgIpc) is 1.87. The summed E-state index contributed by atoms with van der Waals surface area (Å²) >= 11 is 0. The Bertz CT molecular complexity index is 144. The second kappa shape index (κ2) is 11.6. The molecule has 2 heteroatoms. The van der Waals surface area contributed by atoms with E-state index in [9.17, 15) is 0 Å². The smallest absolute Gasteiger partial charge is 0 e. The van der Waals surface area contributed by atoms with E-state index < -0.39 is 0 Å². The van der Waals surface area contributed by atoms with E-state index in [-0.39, 0.29) is 36.5 Å². The Morgan fingerprint density at radius 3 is 2.00 bits per heavy atom. The summed E-state index contributed by atoms with van der Waals surface area (Å²) in [6.45, 7) is 8.56. The molecule has 0 fully saturated rings. The van der Waals surface area contributed by atoms with E-state index in [2.05, 4.69) is 39.8 Å². The fraction of sp³-hybridized carbons (Fsp3) is 0.600. The van der Waals surface area contributed by atoms with Gasteiger partial charge < -0.3 is 17.0 Å².